The van der Waals surface area contributed by atoms with Crippen LogP contribution in [0.25, 0.3) is 0 Å². The van der Waals surface area contributed by atoms with Gasteiger partial charge in [-0.1, -0.05) is 23.7 Å². The Morgan fingerprint density at radius 1 is 1.21 bits per heavy atom. The van der Waals surface area contributed by atoms with Crippen molar-refractivity contribution in [1.29, 1.82) is 0 Å². The van der Waals surface area contributed by atoms with Crippen molar-refractivity contribution in [3.05, 3.63) is 34.9 Å². The smallest absolute Gasteiger partial charge is 0.239 e. The molecule has 0 fully saturated rings. The molecule has 1 aromatic carbocycles. The number of halogens is 1. The Morgan fingerprint density at radius 2 is 1.84 bits per heavy atom. The lowest BCUT2D eigenvalue weighted by Crippen LogP contribution is -2.41. The van der Waals surface area contributed by atoms with Crippen molar-refractivity contribution in [2.45, 2.75) is 20.3 Å². The van der Waals surface area contributed by atoms with E-state index in [1.807, 2.05) is 26.0 Å². The van der Waals surface area contributed by atoms with Crippen molar-refractivity contribution in [3.8, 4) is 0 Å². The van der Waals surface area contributed by atoms with E-state index < -0.39 is 0 Å². The van der Waals surface area contributed by atoms with Gasteiger partial charge in [-0.2, -0.15) is 0 Å². The fraction of sp³-hybridized carbons (Fsp3) is 0.429. The van der Waals surface area contributed by atoms with E-state index in [-0.39, 0.29) is 24.8 Å². The first-order valence-corrected chi connectivity index (χ1v) is 6.73. The van der Waals surface area contributed by atoms with E-state index in [4.69, 9.17) is 11.6 Å². The summed E-state index contributed by atoms with van der Waals surface area (Å²) < 4.78 is 0. The molecule has 0 aromatic heterocycles. The zero-order chi connectivity index (χ0) is 14.3. The van der Waals surface area contributed by atoms with Gasteiger partial charge in [-0.15, -0.1) is 0 Å². The highest BCUT2D eigenvalue weighted by atomic mass is 35.5. The van der Waals surface area contributed by atoms with Crippen LogP contribution in [0, 0.1) is 0 Å². The minimum Gasteiger partial charge on any atom is -0.355 e. The maximum Gasteiger partial charge on any atom is 0.239 e. The second-order valence-corrected chi connectivity index (χ2v) is 4.60. The molecule has 5 heteroatoms. The third-order valence-electron chi connectivity index (χ3n) is 2.71. The first-order valence-electron chi connectivity index (χ1n) is 6.35. The van der Waals surface area contributed by atoms with Gasteiger partial charge >= 0.3 is 0 Å². The maximum atomic E-state index is 12.1. The molecule has 0 radical (unpaired) electrons. The molecule has 0 heterocycles. The third-order valence-corrected chi connectivity index (χ3v) is 2.96. The molecule has 104 valence electrons. The quantitative estimate of drug-likeness (QED) is 0.866. The van der Waals surface area contributed by atoms with Crippen LogP contribution in [0.4, 0.5) is 0 Å². The summed E-state index contributed by atoms with van der Waals surface area (Å²) in [7, 11) is 0. The van der Waals surface area contributed by atoms with Crippen LogP contribution in [0.3, 0.4) is 0 Å². The summed E-state index contributed by atoms with van der Waals surface area (Å²) in [4.78, 5) is 25.1. The summed E-state index contributed by atoms with van der Waals surface area (Å²) in [5.41, 5.74) is 0.892. The number of hydrogen-bond donors (Lipinski definition) is 1. The van der Waals surface area contributed by atoms with Crippen LogP contribution in [0.2, 0.25) is 5.02 Å². The second-order valence-electron chi connectivity index (χ2n) is 4.16. The standard InChI is InChI=1S/C14H19ClN2O2/c1-3-16-13(18)10-17(4-2)14(19)9-11-5-7-12(15)8-6-11/h5-8H,3-4,9-10H2,1-2H3,(H,16,18). The number of nitrogens with zero attached hydrogens (tertiary/aromatic N) is 1. The molecule has 19 heavy (non-hydrogen) atoms. The first kappa shape index (κ1) is 15.5. The van der Waals surface area contributed by atoms with E-state index in [2.05, 4.69) is 5.32 Å². The summed E-state index contributed by atoms with van der Waals surface area (Å²) in [5, 5.41) is 3.33. The lowest BCUT2D eigenvalue weighted by Gasteiger charge is -2.20. The Hall–Kier alpha value is -1.55. The van der Waals surface area contributed by atoms with E-state index in [1.165, 1.54) is 0 Å². The number of amides is 2. The molecule has 0 aliphatic carbocycles. The van der Waals surface area contributed by atoms with Crippen LogP contribution in [-0.4, -0.2) is 36.3 Å². The Labute approximate surface area is 118 Å². The molecule has 0 bridgehead atoms. The number of likely N-dealkylation sites (N-methyl/N-ethyl adjacent to an activating group) is 2. The fourth-order valence-electron chi connectivity index (χ4n) is 1.69. The Balaban J connectivity index is 2.58. The van der Waals surface area contributed by atoms with Gasteiger partial charge in [0, 0.05) is 18.1 Å². The SMILES string of the molecule is CCNC(=O)CN(CC)C(=O)Cc1ccc(Cl)cc1. The molecule has 0 atom stereocenters. The highest BCUT2D eigenvalue weighted by Gasteiger charge is 2.15. The summed E-state index contributed by atoms with van der Waals surface area (Å²) in [6.07, 6.45) is 0.282. The zero-order valence-electron chi connectivity index (χ0n) is 11.3. The van der Waals surface area contributed by atoms with E-state index in [0.717, 1.165) is 5.56 Å². The zero-order valence-corrected chi connectivity index (χ0v) is 12.0. The number of benzene rings is 1. The number of carbonyl (C=O) groups is 2. The van der Waals surface area contributed by atoms with Crippen LogP contribution in [-0.2, 0) is 16.0 Å². The third kappa shape index (κ3) is 5.30. The molecule has 1 rings (SSSR count). The first-order chi connectivity index (χ1) is 9.06. The molecule has 0 aliphatic heterocycles. The van der Waals surface area contributed by atoms with Gasteiger partial charge in [0.25, 0.3) is 0 Å². The van der Waals surface area contributed by atoms with Gasteiger partial charge in [-0.3, -0.25) is 9.59 Å². The summed E-state index contributed by atoms with van der Waals surface area (Å²) in [6, 6.07) is 7.15. The Kier molecular flexibility index (Phi) is 6.36. The average molecular weight is 283 g/mol. The largest absolute Gasteiger partial charge is 0.355 e. The van der Waals surface area contributed by atoms with Gasteiger partial charge in [0.1, 0.15) is 0 Å². The van der Waals surface area contributed by atoms with Crippen LogP contribution in [0.5, 0.6) is 0 Å². The minimum absolute atomic E-state index is 0.0592. The Morgan fingerprint density at radius 3 is 2.37 bits per heavy atom. The molecule has 0 spiro atoms. The molecule has 2 amide bonds. The van der Waals surface area contributed by atoms with Crippen LogP contribution in [0.1, 0.15) is 19.4 Å². The van der Waals surface area contributed by atoms with Crippen molar-refractivity contribution in [2.24, 2.45) is 0 Å². The number of hydrogen-bond acceptors (Lipinski definition) is 2. The second kappa shape index (κ2) is 7.79. The molecule has 0 saturated carbocycles. The maximum absolute atomic E-state index is 12.1. The fourth-order valence-corrected chi connectivity index (χ4v) is 1.82. The van der Waals surface area contributed by atoms with Crippen molar-refractivity contribution in [2.75, 3.05) is 19.6 Å². The molecule has 0 aliphatic rings. The van der Waals surface area contributed by atoms with Crippen molar-refractivity contribution < 1.29 is 9.59 Å². The topological polar surface area (TPSA) is 49.4 Å². The van der Waals surface area contributed by atoms with E-state index in [9.17, 15) is 9.59 Å². The van der Waals surface area contributed by atoms with Gasteiger partial charge in [0.05, 0.1) is 13.0 Å². The lowest BCUT2D eigenvalue weighted by atomic mass is 10.1. The van der Waals surface area contributed by atoms with Crippen LogP contribution < -0.4 is 5.32 Å². The van der Waals surface area contributed by atoms with E-state index in [1.54, 1.807) is 17.0 Å². The van der Waals surface area contributed by atoms with Crippen molar-refractivity contribution in [1.82, 2.24) is 10.2 Å². The van der Waals surface area contributed by atoms with Gasteiger partial charge in [0.2, 0.25) is 11.8 Å². The lowest BCUT2D eigenvalue weighted by molar-refractivity contribution is -0.135. The highest BCUT2D eigenvalue weighted by molar-refractivity contribution is 6.30. The number of rotatable bonds is 6. The Bertz CT molecular complexity index is 432. The van der Waals surface area contributed by atoms with E-state index in [0.29, 0.717) is 18.1 Å². The average Bonchev–Trinajstić information content (AvgIpc) is 2.39. The van der Waals surface area contributed by atoms with Gasteiger partial charge in [-0.05, 0) is 31.5 Å². The van der Waals surface area contributed by atoms with Crippen molar-refractivity contribution >= 4 is 23.4 Å². The molecule has 0 unspecified atom stereocenters. The summed E-state index contributed by atoms with van der Waals surface area (Å²) in [6.45, 7) is 4.91. The normalized spacial score (nSPS) is 10.1. The molecule has 4 nitrogen and oxygen atoms in total. The monoisotopic (exact) mass is 282 g/mol. The van der Waals surface area contributed by atoms with Crippen molar-refractivity contribution in [3.63, 3.8) is 0 Å². The molecule has 1 N–H and O–H groups in total. The summed E-state index contributed by atoms with van der Waals surface area (Å²) >= 11 is 5.79. The highest BCUT2D eigenvalue weighted by Crippen LogP contribution is 2.10. The van der Waals surface area contributed by atoms with Gasteiger partial charge in [0.15, 0.2) is 0 Å². The van der Waals surface area contributed by atoms with Gasteiger partial charge in [-0.25, -0.2) is 0 Å². The molecule has 0 saturated heterocycles. The minimum atomic E-state index is -0.131. The molecule has 1 aromatic rings. The van der Waals surface area contributed by atoms with Crippen LogP contribution >= 0.6 is 11.6 Å². The molecular weight excluding hydrogens is 264 g/mol. The van der Waals surface area contributed by atoms with E-state index >= 15 is 0 Å². The number of carbonyl (C=O) groups excluding carboxylic acids is 2. The molecular formula is C14H19ClN2O2. The van der Waals surface area contributed by atoms with Gasteiger partial charge < -0.3 is 10.2 Å². The predicted molar refractivity (Wildman–Crippen MR) is 76.1 cm³/mol. The summed E-state index contributed by atoms with van der Waals surface area (Å²) in [5.74, 6) is -0.190. The predicted octanol–water partition coefficient (Wildman–Crippen LogP) is 1.87. The number of nitrogens with one attached hydrogen (secondary N) is 1. The van der Waals surface area contributed by atoms with Crippen LogP contribution in [0.15, 0.2) is 24.3 Å².